The lowest BCUT2D eigenvalue weighted by molar-refractivity contribution is -0.117. The molecule has 1 N–H and O–H groups in total. The Balaban J connectivity index is 1.54. The first-order valence-corrected chi connectivity index (χ1v) is 13.8. The minimum absolute atomic E-state index is 0.111. The van der Waals surface area contributed by atoms with Gasteiger partial charge in [0.1, 0.15) is 6.61 Å². The Bertz CT molecular complexity index is 1330. The highest BCUT2D eigenvalue weighted by Gasteiger charge is 2.43. The van der Waals surface area contributed by atoms with Gasteiger partial charge in [0, 0.05) is 47.8 Å². The Morgan fingerprint density at radius 2 is 1.61 bits per heavy atom. The molecule has 0 fully saturated rings. The second kappa shape index (κ2) is 10.8. The molecule has 0 spiro atoms. The van der Waals surface area contributed by atoms with Crippen LogP contribution in [-0.4, -0.2) is 41.2 Å². The van der Waals surface area contributed by atoms with Gasteiger partial charge in [0.05, 0.1) is 17.1 Å². The second-order valence-corrected chi connectivity index (χ2v) is 10.6. The maximum absolute atomic E-state index is 13.4. The van der Waals surface area contributed by atoms with Crippen LogP contribution in [0.3, 0.4) is 0 Å². The van der Waals surface area contributed by atoms with Gasteiger partial charge in [0.2, 0.25) is 0 Å². The number of halogens is 1. The number of nitrogens with zero attached hydrogens (tertiary/aromatic N) is 1. The van der Waals surface area contributed by atoms with E-state index in [1.54, 1.807) is 19.2 Å². The number of rotatable bonds is 7. The molecule has 198 valence electrons. The zero-order valence-electron chi connectivity index (χ0n) is 21.5. The fourth-order valence-corrected chi connectivity index (χ4v) is 6.45. The predicted molar refractivity (Wildman–Crippen MR) is 145 cm³/mol. The molecule has 1 heterocycles. The first kappa shape index (κ1) is 26.2. The van der Waals surface area contributed by atoms with E-state index in [0.29, 0.717) is 28.8 Å². The predicted octanol–water partition coefficient (Wildman–Crippen LogP) is 6.17. The smallest absolute Gasteiger partial charge is 0.335 e. The Hall–Kier alpha value is -3.39. The Morgan fingerprint density at radius 3 is 2.13 bits per heavy atom. The van der Waals surface area contributed by atoms with Gasteiger partial charge in [-0.3, -0.25) is 9.59 Å². The lowest BCUT2D eigenvalue weighted by atomic mass is 9.71. The summed E-state index contributed by atoms with van der Waals surface area (Å²) in [5.74, 6) is -0.194. The molecule has 5 rings (SSSR count). The second-order valence-electron chi connectivity index (χ2n) is 9.78. The van der Waals surface area contributed by atoms with Crippen LogP contribution in [0.4, 0.5) is 0 Å². The number of carboxylic acid groups (broad SMARTS) is 1. The van der Waals surface area contributed by atoms with Crippen molar-refractivity contribution < 1.29 is 29.0 Å². The normalized spacial score (nSPS) is 17.9. The molecule has 1 aliphatic heterocycles. The molecule has 0 unspecified atom stereocenters. The number of aromatic carboxylic acids is 1. The zero-order chi connectivity index (χ0) is 27.0. The van der Waals surface area contributed by atoms with Crippen molar-refractivity contribution in [1.82, 2.24) is 4.90 Å². The van der Waals surface area contributed by atoms with Gasteiger partial charge in [-0.25, -0.2) is 4.79 Å². The summed E-state index contributed by atoms with van der Waals surface area (Å²) in [7, 11) is 1.56. The highest BCUT2D eigenvalue weighted by Crippen LogP contribution is 2.51. The van der Waals surface area contributed by atoms with Crippen LogP contribution in [0.5, 0.6) is 11.5 Å². The van der Waals surface area contributed by atoms with Gasteiger partial charge < -0.3 is 19.5 Å². The Morgan fingerprint density at radius 1 is 1.00 bits per heavy atom. The SMILES string of the molecule is CCN1C2=C(C(=O)CCC2)C(c2cc(Br)c(OCc3ccc(C(=O)O)cc3)c(OC)c2)C2=C1CCCC2=O. The third-order valence-electron chi connectivity index (χ3n) is 7.57. The lowest BCUT2D eigenvalue weighted by Gasteiger charge is -2.43. The van der Waals surface area contributed by atoms with Crippen LogP contribution in [0, 0.1) is 0 Å². The van der Waals surface area contributed by atoms with Gasteiger partial charge in [0.25, 0.3) is 0 Å². The summed E-state index contributed by atoms with van der Waals surface area (Å²) in [5, 5.41) is 9.12. The first-order chi connectivity index (χ1) is 18.3. The Labute approximate surface area is 230 Å². The van der Waals surface area contributed by atoms with Crippen LogP contribution >= 0.6 is 15.9 Å². The number of carbonyl (C=O) groups is 3. The van der Waals surface area contributed by atoms with Gasteiger partial charge in [-0.15, -0.1) is 0 Å². The number of hydrogen-bond donors (Lipinski definition) is 1. The largest absolute Gasteiger partial charge is 0.493 e. The summed E-state index contributed by atoms with van der Waals surface area (Å²) >= 11 is 3.65. The highest BCUT2D eigenvalue weighted by molar-refractivity contribution is 9.10. The van der Waals surface area contributed by atoms with E-state index < -0.39 is 11.9 Å². The summed E-state index contributed by atoms with van der Waals surface area (Å²) in [6, 6.07) is 10.3. The molecule has 0 saturated carbocycles. The molecule has 8 heteroatoms. The van der Waals surface area contributed by atoms with Crippen LogP contribution in [0.25, 0.3) is 0 Å². The first-order valence-electron chi connectivity index (χ1n) is 13.0. The molecule has 0 saturated heterocycles. The summed E-state index contributed by atoms with van der Waals surface area (Å²) in [6.45, 7) is 3.03. The molecular weight excluding hydrogens is 550 g/mol. The molecule has 7 nitrogen and oxygen atoms in total. The van der Waals surface area contributed by atoms with Crippen molar-refractivity contribution in [3.63, 3.8) is 0 Å². The van der Waals surface area contributed by atoms with Crippen molar-refractivity contribution in [2.45, 2.75) is 58.0 Å². The average molecular weight is 580 g/mol. The van der Waals surface area contributed by atoms with Crippen molar-refractivity contribution >= 4 is 33.5 Å². The fraction of sp³-hybridized carbons (Fsp3) is 0.367. The van der Waals surface area contributed by atoms with E-state index in [4.69, 9.17) is 14.6 Å². The van der Waals surface area contributed by atoms with Crippen LogP contribution in [-0.2, 0) is 16.2 Å². The van der Waals surface area contributed by atoms with E-state index >= 15 is 0 Å². The molecule has 0 bridgehead atoms. The summed E-state index contributed by atoms with van der Waals surface area (Å²) in [6.07, 6.45) is 4.29. The molecule has 0 amide bonds. The number of hydrogen-bond acceptors (Lipinski definition) is 6. The van der Waals surface area contributed by atoms with Crippen LogP contribution < -0.4 is 9.47 Å². The van der Waals surface area contributed by atoms with Crippen molar-refractivity contribution in [2.75, 3.05) is 13.7 Å². The lowest BCUT2D eigenvalue weighted by Crippen LogP contribution is -2.39. The molecular formula is C30H30BrNO6. The zero-order valence-corrected chi connectivity index (χ0v) is 23.1. The van der Waals surface area contributed by atoms with Crippen molar-refractivity contribution in [2.24, 2.45) is 0 Å². The third-order valence-corrected chi connectivity index (χ3v) is 8.16. The average Bonchev–Trinajstić information content (AvgIpc) is 2.91. The number of allylic oxidation sites excluding steroid dienone is 4. The minimum atomic E-state index is -0.980. The number of ether oxygens (including phenoxy) is 2. The highest BCUT2D eigenvalue weighted by atomic mass is 79.9. The van der Waals surface area contributed by atoms with Crippen LogP contribution in [0.15, 0.2) is 63.4 Å². The maximum Gasteiger partial charge on any atom is 0.335 e. The summed E-state index contributed by atoms with van der Waals surface area (Å²) < 4.78 is 12.5. The van der Waals surface area contributed by atoms with Gasteiger partial charge in [0.15, 0.2) is 23.1 Å². The molecule has 2 aromatic carbocycles. The standard InChI is InChI=1S/C30H30BrNO6/c1-3-32-21-6-4-8-23(33)27(21)26(28-22(32)7-5-9-24(28)34)19-14-20(31)29(25(15-19)37-2)38-16-17-10-12-18(13-11-17)30(35)36/h10-15,26H,3-9,16H2,1-2H3,(H,35,36). The molecule has 38 heavy (non-hydrogen) atoms. The fourth-order valence-electron chi connectivity index (χ4n) is 5.88. The van der Waals surface area contributed by atoms with Crippen molar-refractivity contribution in [3.05, 3.63) is 80.1 Å². The molecule has 0 aromatic heterocycles. The van der Waals surface area contributed by atoms with Gasteiger partial charge >= 0.3 is 5.97 Å². The number of carboxylic acids is 1. The summed E-state index contributed by atoms with van der Waals surface area (Å²) in [4.78, 5) is 40.1. The topological polar surface area (TPSA) is 93.1 Å². The van der Waals surface area contributed by atoms with E-state index in [1.807, 2.05) is 12.1 Å². The molecule has 2 aliphatic carbocycles. The molecule has 0 radical (unpaired) electrons. The third kappa shape index (κ3) is 4.66. The van der Waals surface area contributed by atoms with Crippen LogP contribution in [0.2, 0.25) is 0 Å². The summed E-state index contributed by atoms with van der Waals surface area (Å²) in [5.41, 5.74) is 5.45. The number of methoxy groups -OCH3 is 1. The quantitative estimate of drug-likeness (QED) is 0.419. The number of Topliss-reactive ketones (excluding diaryl/α,β-unsaturated/α-hetero) is 2. The van der Waals surface area contributed by atoms with E-state index in [0.717, 1.165) is 65.9 Å². The van der Waals surface area contributed by atoms with Crippen molar-refractivity contribution in [1.29, 1.82) is 0 Å². The van der Waals surface area contributed by atoms with E-state index in [9.17, 15) is 14.4 Å². The molecule has 0 atom stereocenters. The maximum atomic E-state index is 13.4. The Kier molecular flexibility index (Phi) is 7.43. The minimum Gasteiger partial charge on any atom is -0.493 e. The van der Waals surface area contributed by atoms with E-state index in [-0.39, 0.29) is 23.7 Å². The monoisotopic (exact) mass is 579 g/mol. The number of ketones is 2. The number of carbonyl (C=O) groups excluding carboxylic acids is 2. The van der Waals surface area contributed by atoms with Gasteiger partial charge in [-0.2, -0.15) is 0 Å². The van der Waals surface area contributed by atoms with Gasteiger partial charge in [-0.1, -0.05) is 12.1 Å². The molecule has 2 aromatic rings. The van der Waals surface area contributed by atoms with Crippen molar-refractivity contribution in [3.8, 4) is 11.5 Å². The van der Waals surface area contributed by atoms with Gasteiger partial charge in [-0.05, 0) is 83.9 Å². The molecule has 3 aliphatic rings. The van der Waals surface area contributed by atoms with E-state index in [1.165, 1.54) is 12.1 Å². The number of benzene rings is 2. The van der Waals surface area contributed by atoms with E-state index in [2.05, 4.69) is 27.8 Å². The van der Waals surface area contributed by atoms with Crippen LogP contribution in [0.1, 0.15) is 72.9 Å².